The van der Waals surface area contributed by atoms with Crippen LogP contribution >= 0.6 is 0 Å². The highest BCUT2D eigenvalue weighted by Crippen LogP contribution is 2.25. The molecule has 0 aliphatic carbocycles. The van der Waals surface area contributed by atoms with Gasteiger partial charge in [0, 0.05) is 31.6 Å². The van der Waals surface area contributed by atoms with Gasteiger partial charge in [-0.1, -0.05) is 17.7 Å². The lowest BCUT2D eigenvalue weighted by Gasteiger charge is -2.17. The summed E-state index contributed by atoms with van der Waals surface area (Å²) < 4.78 is 4.54. The Kier molecular flexibility index (Phi) is 5.73. The number of ether oxygens (including phenoxy) is 1. The van der Waals surface area contributed by atoms with E-state index in [1.165, 1.54) is 7.11 Å². The number of nitrogens with one attached hydrogen (secondary N) is 1. The zero-order valence-electron chi connectivity index (χ0n) is 13.5. The molecule has 2 rings (SSSR count). The second kappa shape index (κ2) is 7.76. The molecule has 1 unspecified atom stereocenters. The smallest absolute Gasteiger partial charge is 0.305 e. The average molecular weight is 318 g/mol. The Balaban J connectivity index is 1.83. The van der Waals surface area contributed by atoms with Crippen molar-refractivity contribution >= 4 is 23.5 Å². The Hall–Kier alpha value is -2.37. The van der Waals surface area contributed by atoms with E-state index in [2.05, 4.69) is 10.1 Å². The molecular weight excluding hydrogens is 296 g/mol. The number of carbonyl (C=O) groups is 3. The third-order valence-electron chi connectivity index (χ3n) is 3.93. The van der Waals surface area contributed by atoms with Crippen molar-refractivity contribution in [2.24, 2.45) is 5.92 Å². The third-order valence-corrected chi connectivity index (χ3v) is 3.93. The molecule has 23 heavy (non-hydrogen) atoms. The molecule has 1 atom stereocenters. The summed E-state index contributed by atoms with van der Waals surface area (Å²) in [6, 6.07) is 7.68. The maximum atomic E-state index is 12.1. The number of methoxy groups -OCH3 is 1. The van der Waals surface area contributed by atoms with E-state index < -0.39 is 0 Å². The van der Waals surface area contributed by atoms with Crippen molar-refractivity contribution in [1.82, 2.24) is 5.32 Å². The largest absolute Gasteiger partial charge is 0.469 e. The van der Waals surface area contributed by atoms with Gasteiger partial charge in [0.1, 0.15) is 0 Å². The standard InChI is InChI=1S/C17H22N2O4/c1-12-5-7-14(8-6-12)19-11-13(10-15(19)20)17(22)18-9-3-4-16(21)23-2/h5-8,13H,3-4,9-11H2,1-2H3,(H,18,22). The quantitative estimate of drug-likeness (QED) is 0.636. The Morgan fingerprint density at radius 3 is 2.65 bits per heavy atom. The topological polar surface area (TPSA) is 75.7 Å². The molecule has 1 aromatic rings. The molecule has 6 heteroatoms. The van der Waals surface area contributed by atoms with E-state index in [1.54, 1.807) is 4.90 Å². The lowest BCUT2D eigenvalue weighted by molar-refractivity contribution is -0.140. The van der Waals surface area contributed by atoms with E-state index in [9.17, 15) is 14.4 Å². The minimum absolute atomic E-state index is 0.0384. The van der Waals surface area contributed by atoms with Crippen LogP contribution in [0.25, 0.3) is 0 Å². The van der Waals surface area contributed by atoms with Gasteiger partial charge in [-0.25, -0.2) is 0 Å². The molecule has 0 radical (unpaired) electrons. The lowest BCUT2D eigenvalue weighted by atomic mass is 10.1. The molecule has 1 fully saturated rings. The van der Waals surface area contributed by atoms with Crippen LogP contribution in [0.15, 0.2) is 24.3 Å². The van der Waals surface area contributed by atoms with E-state index in [0.717, 1.165) is 11.3 Å². The van der Waals surface area contributed by atoms with Gasteiger partial charge in [-0.3, -0.25) is 14.4 Å². The highest BCUT2D eigenvalue weighted by molar-refractivity contribution is 6.00. The number of hydrogen-bond donors (Lipinski definition) is 1. The number of rotatable bonds is 6. The SMILES string of the molecule is COC(=O)CCCNC(=O)C1CC(=O)N(c2ccc(C)cc2)C1. The number of nitrogens with zero attached hydrogens (tertiary/aromatic N) is 1. The first-order valence-corrected chi connectivity index (χ1v) is 7.73. The zero-order valence-corrected chi connectivity index (χ0v) is 13.5. The summed E-state index contributed by atoms with van der Waals surface area (Å²) >= 11 is 0. The van der Waals surface area contributed by atoms with Gasteiger partial charge in [0.2, 0.25) is 11.8 Å². The summed E-state index contributed by atoms with van der Waals surface area (Å²) in [5.74, 6) is -0.816. The minimum atomic E-state index is -0.345. The van der Waals surface area contributed by atoms with Crippen LogP contribution in [0.3, 0.4) is 0 Å². The fraction of sp³-hybridized carbons (Fsp3) is 0.471. The normalized spacial score (nSPS) is 17.2. The Morgan fingerprint density at radius 2 is 2.00 bits per heavy atom. The number of anilines is 1. The van der Waals surface area contributed by atoms with Crippen LogP contribution in [0, 0.1) is 12.8 Å². The summed E-state index contributed by atoms with van der Waals surface area (Å²) in [4.78, 5) is 36.9. The molecule has 1 aliphatic heterocycles. The summed E-state index contributed by atoms with van der Waals surface area (Å²) in [6.45, 7) is 2.79. The second-order valence-corrected chi connectivity index (χ2v) is 5.71. The molecule has 0 aromatic heterocycles. The van der Waals surface area contributed by atoms with Gasteiger partial charge in [-0.05, 0) is 25.5 Å². The number of carbonyl (C=O) groups excluding carboxylic acids is 3. The molecule has 0 spiro atoms. The van der Waals surface area contributed by atoms with E-state index >= 15 is 0 Å². The van der Waals surface area contributed by atoms with Gasteiger partial charge in [-0.15, -0.1) is 0 Å². The molecule has 1 heterocycles. The zero-order chi connectivity index (χ0) is 16.8. The fourth-order valence-corrected chi connectivity index (χ4v) is 2.55. The van der Waals surface area contributed by atoms with Crippen molar-refractivity contribution in [3.8, 4) is 0 Å². The summed E-state index contributed by atoms with van der Waals surface area (Å²) in [7, 11) is 1.34. The maximum absolute atomic E-state index is 12.1. The van der Waals surface area contributed by atoms with Gasteiger partial charge >= 0.3 is 5.97 Å². The highest BCUT2D eigenvalue weighted by atomic mass is 16.5. The van der Waals surface area contributed by atoms with Crippen molar-refractivity contribution in [2.75, 3.05) is 25.1 Å². The van der Waals surface area contributed by atoms with E-state index in [-0.39, 0.29) is 36.5 Å². The summed E-state index contributed by atoms with van der Waals surface area (Å²) in [5.41, 5.74) is 1.95. The third kappa shape index (κ3) is 4.55. The number of amides is 2. The van der Waals surface area contributed by atoms with Crippen molar-refractivity contribution in [3.63, 3.8) is 0 Å². The molecule has 124 valence electrons. The van der Waals surface area contributed by atoms with Crippen molar-refractivity contribution < 1.29 is 19.1 Å². The maximum Gasteiger partial charge on any atom is 0.305 e. The Labute approximate surface area is 135 Å². The second-order valence-electron chi connectivity index (χ2n) is 5.71. The molecule has 1 aromatic carbocycles. The Bertz CT molecular complexity index is 583. The van der Waals surface area contributed by atoms with Crippen molar-refractivity contribution in [3.05, 3.63) is 29.8 Å². The molecule has 0 bridgehead atoms. The Morgan fingerprint density at radius 1 is 1.30 bits per heavy atom. The summed E-state index contributed by atoms with van der Waals surface area (Å²) in [6.07, 6.45) is 1.02. The van der Waals surface area contributed by atoms with Gasteiger partial charge in [0.05, 0.1) is 13.0 Å². The molecule has 6 nitrogen and oxygen atoms in total. The van der Waals surface area contributed by atoms with Crippen LogP contribution < -0.4 is 10.2 Å². The monoisotopic (exact) mass is 318 g/mol. The molecule has 0 saturated carbocycles. The number of esters is 1. The first-order valence-electron chi connectivity index (χ1n) is 7.73. The van der Waals surface area contributed by atoms with E-state index in [4.69, 9.17) is 0 Å². The van der Waals surface area contributed by atoms with E-state index in [1.807, 2.05) is 31.2 Å². The minimum Gasteiger partial charge on any atom is -0.469 e. The van der Waals surface area contributed by atoms with Gasteiger partial charge in [-0.2, -0.15) is 0 Å². The fourth-order valence-electron chi connectivity index (χ4n) is 2.55. The first kappa shape index (κ1) is 17.0. The number of benzene rings is 1. The number of aryl methyl sites for hydroxylation is 1. The van der Waals surface area contributed by atoms with Crippen LogP contribution in [0.4, 0.5) is 5.69 Å². The lowest BCUT2D eigenvalue weighted by Crippen LogP contribution is -2.33. The average Bonchev–Trinajstić information content (AvgIpc) is 2.93. The number of hydrogen-bond acceptors (Lipinski definition) is 4. The van der Waals surface area contributed by atoms with Crippen LogP contribution in [0.2, 0.25) is 0 Å². The molecule has 1 aliphatic rings. The highest BCUT2D eigenvalue weighted by Gasteiger charge is 2.34. The van der Waals surface area contributed by atoms with Crippen molar-refractivity contribution in [2.45, 2.75) is 26.2 Å². The predicted octanol–water partition coefficient (Wildman–Crippen LogP) is 1.42. The van der Waals surface area contributed by atoms with Gasteiger partial charge < -0.3 is 15.0 Å². The first-order chi connectivity index (χ1) is 11.0. The van der Waals surface area contributed by atoms with Crippen molar-refractivity contribution in [1.29, 1.82) is 0 Å². The van der Waals surface area contributed by atoms with Crippen LogP contribution in [0.1, 0.15) is 24.8 Å². The van der Waals surface area contributed by atoms with Crippen LogP contribution in [0.5, 0.6) is 0 Å². The predicted molar refractivity (Wildman–Crippen MR) is 85.9 cm³/mol. The van der Waals surface area contributed by atoms with Gasteiger partial charge in [0.25, 0.3) is 0 Å². The van der Waals surface area contributed by atoms with E-state index in [0.29, 0.717) is 19.5 Å². The summed E-state index contributed by atoms with van der Waals surface area (Å²) in [5, 5.41) is 2.78. The molecular formula is C17H22N2O4. The molecule has 2 amide bonds. The molecule has 1 N–H and O–H groups in total. The van der Waals surface area contributed by atoms with Crippen LogP contribution in [-0.2, 0) is 19.1 Å². The van der Waals surface area contributed by atoms with Gasteiger partial charge in [0.15, 0.2) is 0 Å². The molecule has 1 saturated heterocycles. The van der Waals surface area contributed by atoms with Crippen LogP contribution in [-0.4, -0.2) is 38.0 Å².